The third-order valence-electron chi connectivity index (χ3n) is 3.53. The van der Waals surface area contributed by atoms with E-state index in [0.717, 1.165) is 37.8 Å². The molecule has 0 bridgehead atoms. The molecular weight excluding hydrogens is 280 g/mol. The van der Waals surface area contributed by atoms with E-state index < -0.39 is 0 Å². The molecule has 0 saturated carbocycles. The van der Waals surface area contributed by atoms with Crippen LogP contribution in [0.15, 0.2) is 36.8 Å². The number of rotatable bonds is 3. The third kappa shape index (κ3) is 3.30. The van der Waals surface area contributed by atoms with Gasteiger partial charge in [0.05, 0.1) is 11.9 Å². The summed E-state index contributed by atoms with van der Waals surface area (Å²) < 4.78 is 0. The molecule has 1 saturated heterocycles. The lowest BCUT2D eigenvalue weighted by atomic mass is 10.3. The first-order valence-electron chi connectivity index (χ1n) is 7.23. The molecule has 7 nitrogen and oxygen atoms in total. The average molecular weight is 298 g/mol. The Hall–Kier alpha value is -2.70. The van der Waals surface area contributed by atoms with Crippen molar-refractivity contribution >= 4 is 23.4 Å². The first-order valence-corrected chi connectivity index (χ1v) is 7.23. The molecule has 0 aliphatic carbocycles. The summed E-state index contributed by atoms with van der Waals surface area (Å²) in [7, 11) is 0. The maximum Gasteiger partial charge on any atom is 0.225 e. The summed E-state index contributed by atoms with van der Waals surface area (Å²) in [5.74, 6) is 1.24. The number of aromatic nitrogens is 3. The second kappa shape index (κ2) is 6.38. The number of hydrogen-bond donors (Lipinski definition) is 1. The van der Waals surface area contributed by atoms with Crippen LogP contribution in [0.1, 0.15) is 6.92 Å². The van der Waals surface area contributed by atoms with E-state index in [-0.39, 0.29) is 5.91 Å². The molecule has 1 aliphatic rings. The van der Waals surface area contributed by atoms with Crippen LogP contribution < -0.4 is 15.1 Å². The molecule has 1 N–H and O–H groups in total. The molecule has 1 aliphatic heterocycles. The highest BCUT2D eigenvalue weighted by Gasteiger charge is 2.19. The van der Waals surface area contributed by atoms with Gasteiger partial charge in [0.25, 0.3) is 0 Å². The topological polar surface area (TPSA) is 74.2 Å². The minimum absolute atomic E-state index is 0.114. The summed E-state index contributed by atoms with van der Waals surface area (Å²) in [6, 6.07) is 5.62. The van der Waals surface area contributed by atoms with Gasteiger partial charge in [0, 0.05) is 45.5 Å². The maximum absolute atomic E-state index is 11.0. The fraction of sp³-hybridized carbons (Fsp3) is 0.333. The van der Waals surface area contributed by atoms with Gasteiger partial charge >= 0.3 is 0 Å². The van der Waals surface area contributed by atoms with Crippen molar-refractivity contribution in [2.45, 2.75) is 6.92 Å². The highest BCUT2D eigenvalue weighted by Crippen LogP contribution is 2.18. The predicted molar refractivity (Wildman–Crippen MR) is 85.0 cm³/mol. The van der Waals surface area contributed by atoms with E-state index in [4.69, 9.17) is 0 Å². The van der Waals surface area contributed by atoms with Crippen molar-refractivity contribution in [3.05, 3.63) is 36.8 Å². The van der Waals surface area contributed by atoms with E-state index in [1.165, 1.54) is 6.92 Å². The van der Waals surface area contributed by atoms with Gasteiger partial charge in [-0.15, -0.1) is 0 Å². The molecule has 1 fully saturated rings. The average Bonchev–Trinajstić information content (AvgIpc) is 2.56. The Balaban J connectivity index is 1.60. The van der Waals surface area contributed by atoms with E-state index in [1.54, 1.807) is 18.6 Å². The van der Waals surface area contributed by atoms with Crippen LogP contribution in [0.25, 0.3) is 0 Å². The van der Waals surface area contributed by atoms with Crippen LogP contribution in [0.2, 0.25) is 0 Å². The second-order valence-corrected chi connectivity index (χ2v) is 5.11. The van der Waals surface area contributed by atoms with E-state index in [2.05, 4.69) is 30.1 Å². The zero-order valence-corrected chi connectivity index (χ0v) is 12.4. The number of carbonyl (C=O) groups excluding carboxylic acids is 1. The minimum Gasteiger partial charge on any atom is -0.367 e. The lowest BCUT2D eigenvalue weighted by molar-refractivity contribution is -0.114. The minimum atomic E-state index is -0.114. The zero-order valence-electron chi connectivity index (χ0n) is 12.4. The van der Waals surface area contributed by atoms with Crippen molar-refractivity contribution in [2.75, 3.05) is 41.3 Å². The van der Waals surface area contributed by atoms with Gasteiger partial charge < -0.3 is 15.1 Å². The molecule has 2 aromatic heterocycles. The largest absolute Gasteiger partial charge is 0.367 e. The smallest absolute Gasteiger partial charge is 0.225 e. The molecule has 7 heteroatoms. The fourth-order valence-corrected chi connectivity index (χ4v) is 2.45. The normalized spacial score (nSPS) is 14.8. The number of anilines is 3. The van der Waals surface area contributed by atoms with Crippen LogP contribution in [0, 0.1) is 0 Å². The molecule has 1 amide bonds. The van der Waals surface area contributed by atoms with Gasteiger partial charge in [-0.1, -0.05) is 0 Å². The molecule has 0 atom stereocenters. The van der Waals surface area contributed by atoms with Crippen LogP contribution >= 0.6 is 0 Å². The molecule has 2 aromatic rings. The summed E-state index contributed by atoms with van der Waals surface area (Å²) in [6.45, 7) is 4.99. The highest BCUT2D eigenvalue weighted by molar-refractivity contribution is 5.87. The number of piperazine rings is 1. The Labute approximate surface area is 129 Å². The molecule has 3 heterocycles. The predicted octanol–water partition coefficient (Wildman–Crippen LogP) is 1.16. The van der Waals surface area contributed by atoms with E-state index in [9.17, 15) is 4.79 Å². The summed E-state index contributed by atoms with van der Waals surface area (Å²) in [5.41, 5.74) is 1.06. The molecule has 0 spiro atoms. The number of hydrogen-bond acceptors (Lipinski definition) is 6. The molecule has 114 valence electrons. The van der Waals surface area contributed by atoms with Crippen molar-refractivity contribution in [1.29, 1.82) is 0 Å². The van der Waals surface area contributed by atoms with E-state index in [0.29, 0.717) is 5.82 Å². The first kappa shape index (κ1) is 14.2. The highest BCUT2D eigenvalue weighted by atomic mass is 16.1. The summed E-state index contributed by atoms with van der Waals surface area (Å²) in [6.07, 6.45) is 5.32. The first-order chi connectivity index (χ1) is 10.7. The number of nitrogens with zero attached hydrogens (tertiary/aromatic N) is 5. The molecule has 22 heavy (non-hydrogen) atoms. The van der Waals surface area contributed by atoms with Crippen molar-refractivity contribution in [2.24, 2.45) is 0 Å². The summed E-state index contributed by atoms with van der Waals surface area (Å²) in [4.78, 5) is 28.3. The standard InChI is InChI=1S/C15H18N6O/c1-12(22)19-14-4-3-13(11-18-14)20-7-9-21(10-8-20)15-16-5-2-6-17-15/h2-6,11H,7-10H2,1H3,(H,18,19,22). The Bertz CT molecular complexity index is 622. The number of amides is 1. The summed E-state index contributed by atoms with van der Waals surface area (Å²) in [5, 5.41) is 2.67. The lowest BCUT2D eigenvalue weighted by Crippen LogP contribution is -2.47. The van der Waals surface area contributed by atoms with Crippen LogP contribution in [-0.4, -0.2) is 47.0 Å². The zero-order chi connectivity index (χ0) is 15.4. The van der Waals surface area contributed by atoms with Gasteiger partial charge in [-0.2, -0.15) is 0 Å². The number of nitrogens with one attached hydrogen (secondary N) is 1. The quantitative estimate of drug-likeness (QED) is 0.916. The van der Waals surface area contributed by atoms with Crippen LogP contribution in [-0.2, 0) is 4.79 Å². The van der Waals surface area contributed by atoms with Gasteiger partial charge in [0.15, 0.2) is 0 Å². The van der Waals surface area contributed by atoms with Crippen molar-refractivity contribution in [3.63, 3.8) is 0 Å². The molecule has 0 aromatic carbocycles. The van der Waals surface area contributed by atoms with E-state index >= 15 is 0 Å². The Morgan fingerprint density at radius 1 is 1.05 bits per heavy atom. The Morgan fingerprint density at radius 3 is 2.32 bits per heavy atom. The van der Waals surface area contributed by atoms with Gasteiger partial charge in [0.2, 0.25) is 11.9 Å². The van der Waals surface area contributed by atoms with Crippen LogP contribution in [0.3, 0.4) is 0 Å². The van der Waals surface area contributed by atoms with Crippen LogP contribution in [0.4, 0.5) is 17.5 Å². The number of pyridine rings is 1. The van der Waals surface area contributed by atoms with E-state index in [1.807, 2.05) is 18.2 Å². The SMILES string of the molecule is CC(=O)Nc1ccc(N2CCN(c3ncccn3)CC2)cn1. The Kier molecular flexibility index (Phi) is 4.13. The third-order valence-corrected chi connectivity index (χ3v) is 3.53. The summed E-state index contributed by atoms with van der Waals surface area (Å²) >= 11 is 0. The van der Waals surface area contributed by atoms with Gasteiger partial charge in [-0.05, 0) is 18.2 Å². The van der Waals surface area contributed by atoms with Gasteiger partial charge in [0.1, 0.15) is 5.82 Å². The maximum atomic E-state index is 11.0. The number of carbonyl (C=O) groups is 1. The van der Waals surface area contributed by atoms with Crippen molar-refractivity contribution < 1.29 is 4.79 Å². The molecule has 3 rings (SSSR count). The second-order valence-electron chi connectivity index (χ2n) is 5.11. The lowest BCUT2D eigenvalue weighted by Gasteiger charge is -2.35. The molecule has 0 radical (unpaired) electrons. The van der Waals surface area contributed by atoms with Gasteiger partial charge in [-0.3, -0.25) is 4.79 Å². The molecule has 0 unspecified atom stereocenters. The van der Waals surface area contributed by atoms with Crippen molar-refractivity contribution in [1.82, 2.24) is 15.0 Å². The molecular formula is C15H18N6O. The van der Waals surface area contributed by atoms with Gasteiger partial charge in [-0.25, -0.2) is 15.0 Å². The fourth-order valence-electron chi connectivity index (χ4n) is 2.45. The Morgan fingerprint density at radius 2 is 1.73 bits per heavy atom. The monoisotopic (exact) mass is 298 g/mol. The van der Waals surface area contributed by atoms with Crippen molar-refractivity contribution in [3.8, 4) is 0 Å². The van der Waals surface area contributed by atoms with Crippen LogP contribution in [0.5, 0.6) is 0 Å².